The van der Waals surface area contributed by atoms with Crippen molar-refractivity contribution in [1.82, 2.24) is 20.1 Å². The van der Waals surface area contributed by atoms with Gasteiger partial charge in [-0.2, -0.15) is 18.3 Å². The predicted molar refractivity (Wildman–Crippen MR) is 115 cm³/mol. The van der Waals surface area contributed by atoms with Gasteiger partial charge in [0.1, 0.15) is 11.6 Å². The molecule has 0 fully saturated rings. The number of halogens is 4. The second-order valence-corrected chi connectivity index (χ2v) is 7.31. The molecule has 34 heavy (non-hydrogen) atoms. The van der Waals surface area contributed by atoms with Crippen LogP contribution in [0.2, 0.25) is 0 Å². The maximum absolute atomic E-state index is 13.4. The molecule has 0 radical (unpaired) electrons. The highest BCUT2D eigenvalue weighted by molar-refractivity contribution is 5.95. The molecule has 0 saturated heterocycles. The van der Waals surface area contributed by atoms with Gasteiger partial charge < -0.3 is 10.1 Å². The first-order valence-corrected chi connectivity index (χ1v) is 10.1. The van der Waals surface area contributed by atoms with Gasteiger partial charge in [-0.25, -0.2) is 14.1 Å². The van der Waals surface area contributed by atoms with Crippen molar-refractivity contribution in [2.45, 2.75) is 19.6 Å². The van der Waals surface area contributed by atoms with Gasteiger partial charge in [-0.3, -0.25) is 4.79 Å². The number of ether oxygens (including phenoxy) is 1. The van der Waals surface area contributed by atoms with E-state index >= 15 is 0 Å². The Bertz CT molecular complexity index is 1330. The SMILES string of the molecule is Cc1c(C(=O)NCc2cccnc2Oc2cccc(F)c2)cnn1-c1cccc(C(F)(F)F)c1. The Balaban J connectivity index is 1.50. The molecular weight excluding hydrogens is 452 g/mol. The first-order valence-electron chi connectivity index (χ1n) is 10.1. The smallest absolute Gasteiger partial charge is 0.416 e. The Kier molecular flexibility index (Phi) is 6.31. The Morgan fingerprint density at radius 1 is 1.09 bits per heavy atom. The number of aromatic nitrogens is 3. The third-order valence-corrected chi connectivity index (χ3v) is 4.97. The van der Waals surface area contributed by atoms with Crippen LogP contribution >= 0.6 is 0 Å². The highest BCUT2D eigenvalue weighted by Gasteiger charge is 2.30. The van der Waals surface area contributed by atoms with Crippen molar-refractivity contribution in [3.63, 3.8) is 0 Å². The summed E-state index contributed by atoms with van der Waals surface area (Å²) in [6.45, 7) is 1.64. The molecule has 4 rings (SSSR count). The van der Waals surface area contributed by atoms with Crippen LogP contribution in [-0.4, -0.2) is 20.7 Å². The lowest BCUT2D eigenvalue weighted by atomic mass is 10.2. The zero-order valence-corrected chi connectivity index (χ0v) is 17.8. The number of hydrogen-bond acceptors (Lipinski definition) is 4. The van der Waals surface area contributed by atoms with Crippen LogP contribution in [0.1, 0.15) is 27.2 Å². The lowest BCUT2D eigenvalue weighted by molar-refractivity contribution is -0.137. The molecular formula is C24H18F4N4O2. The highest BCUT2D eigenvalue weighted by Crippen LogP contribution is 2.30. The van der Waals surface area contributed by atoms with E-state index in [9.17, 15) is 22.4 Å². The predicted octanol–water partition coefficient (Wildman–Crippen LogP) is 5.46. The summed E-state index contributed by atoms with van der Waals surface area (Å²) < 4.78 is 59.5. The van der Waals surface area contributed by atoms with Crippen LogP contribution in [0, 0.1) is 12.7 Å². The van der Waals surface area contributed by atoms with E-state index in [0.717, 1.165) is 12.1 Å². The molecule has 0 bridgehead atoms. The quantitative estimate of drug-likeness (QED) is 0.380. The molecule has 0 spiro atoms. The number of pyridine rings is 1. The Labute approximate surface area is 191 Å². The van der Waals surface area contributed by atoms with Gasteiger partial charge in [0.15, 0.2) is 0 Å². The van der Waals surface area contributed by atoms with Gasteiger partial charge in [0.05, 0.1) is 28.7 Å². The van der Waals surface area contributed by atoms with Gasteiger partial charge in [0, 0.05) is 24.4 Å². The summed E-state index contributed by atoms with van der Waals surface area (Å²) >= 11 is 0. The first-order chi connectivity index (χ1) is 16.2. The number of nitrogens with one attached hydrogen (secondary N) is 1. The molecule has 0 saturated carbocycles. The summed E-state index contributed by atoms with van der Waals surface area (Å²) in [7, 11) is 0. The molecule has 1 N–H and O–H groups in total. The molecule has 4 aromatic rings. The molecule has 2 aromatic heterocycles. The van der Waals surface area contributed by atoms with Gasteiger partial charge in [0.2, 0.25) is 5.88 Å². The van der Waals surface area contributed by atoms with Crippen LogP contribution in [0.25, 0.3) is 5.69 Å². The molecule has 10 heteroatoms. The summed E-state index contributed by atoms with van der Waals surface area (Å²) in [5.74, 6) is -0.484. The minimum Gasteiger partial charge on any atom is -0.439 e. The fourth-order valence-electron chi connectivity index (χ4n) is 3.27. The van der Waals surface area contributed by atoms with Crippen LogP contribution in [0.5, 0.6) is 11.6 Å². The van der Waals surface area contributed by atoms with Gasteiger partial charge in [-0.15, -0.1) is 0 Å². The standard InChI is InChI=1S/C24H18F4N4O2/c1-15-21(14-31-32(15)19-8-2-6-17(11-19)24(26,27)28)22(33)30-13-16-5-4-10-29-23(16)34-20-9-3-7-18(25)12-20/h2-12,14H,13H2,1H3,(H,30,33). The van der Waals surface area contributed by atoms with Crippen LogP contribution in [0.4, 0.5) is 17.6 Å². The fourth-order valence-corrected chi connectivity index (χ4v) is 3.27. The average molecular weight is 470 g/mol. The fraction of sp³-hybridized carbons (Fsp3) is 0.125. The normalized spacial score (nSPS) is 11.3. The first kappa shape index (κ1) is 23.0. The summed E-state index contributed by atoms with van der Waals surface area (Å²) in [6, 6.07) is 13.6. The van der Waals surface area contributed by atoms with E-state index in [0.29, 0.717) is 11.3 Å². The van der Waals surface area contributed by atoms with Gasteiger partial charge in [-0.1, -0.05) is 18.2 Å². The van der Waals surface area contributed by atoms with E-state index in [-0.39, 0.29) is 29.4 Å². The number of rotatable bonds is 6. The van der Waals surface area contributed by atoms with E-state index in [1.807, 2.05) is 0 Å². The van der Waals surface area contributed by atoms with Crippen LogP contribution in [0.15, 0.2) is 73.1 Å². The number of hydrogen-bond donors (Lipinski definition) is 1. The largest absolute Gasteiger partial charge is 0.439 e. The zero-order chi connectivity index (χ0) is 24.3. The third kappa shape index (κ3) is 5.06. The molecule has 0 unspecified atom stereocenters. The Morgan fingerprint density at radius 2 is 1.88 bits per heavy atom. The number of benzene rings is 2. The summed E-state index contributed by atoms with van der Waals surface area (Å²) in [4.78, 5) is 16.9. The highest BCUT2D eigenvalue weighted by atomic mass is 19.4. The minimum atomic E-state index is -4.49. The maximum Gasteiger partial charge on any atom is 0.416 e. The number of alkyl halides is 3. The Morgan fingerprint density at radius 3 is 2.65 bits per heavy atom. The van der Waals surface area contributed by atoms with Crippen LogP contribution < -0.4 is 10.1 Å². The van der Waals surface area contributed by atoms with Gasteiger partial charge in [0.25, 0.3) is 5.91 Å². The number of carbonyl (C=O) groups is 1. The summed E-state index contributed by atoms with van der Waals surface area (Å²) in [5.41, 5.74) is 0.494. The van der Waals surface area contributed by atoms with Crippen LogP contribution in [-0.2, 0) is 12.7 Å². The Hall–Kier alpha value is -4.21. The van der Waals surface area contributed by atoms with Crippen molar-refractivity contribution in [2.24, 2.45) is 0 Å². The zero-order valence-electron chi connectivity index (χ0n) is 17.8. The lowest BCUT2D eigenvalue weighted by Crippen LogP contribution is -2.23. The van der Waals surface area contributed by atoms with Gasteiger partial charge >= 0.3 is 6.18 Å². The molecule has 0 atom stereocenters. The lowest BCUT2D eigenvalue weighted by Gasteiger charge is -2.11. The monoisotopic (exact) mass is 470 g/mol. The van der Waals surface area contributed by atoms with E-state index < -0.39 is 23.5 Å². The summed E-state index contributed by atoms with van der Waals surface area (Å²) in [5, 5.41) is 6.81. The molecule has 174 valence electrons. The van der Waals surface area contributed by atoms with Gasteiger partial charge in [-0.05, 0) is 43.3 Å². The molecule has 0 aliphatic carbocycles. The van der Waals surface area contributed by atoms with E-state index in [2.05, 4.69) is 15.4 Å². The average Bonchev–Trinajstić information content (AvgIpc) is 3.19. The second kappa shape index (κ2) is 9.34. The van der Waals surface area contributed by atoms with Crippen molar-refractivity contribution in [3.8, 4) is 17.3 Å². The minimum absolute atomic E-state index is 0.0471. The van der Waals surface area contributed by atoms with Crippen molar-refractivity contribution >= 4 is 5.91 Å². The second-order valence-electron chi connectivity index (χ2n) is 7.31. The number of nitrogens with zero attached hydrogens (tertiary/aromatic N) is 3. The van der Waals surface area contributed by atoms with Crippen LogP contribution in [0.3, 0.4) is 0 Å². The van der Waals surface area contributed by atoms with Crippen molar-refractivity contribution < 1.29 is 27.1 Å². The molecule has 2 heterocycles. The number of amides is 1. The van der Waals surface area contributed by atoms with E-state index in [1.165, 1.54) is 47.4 Å². The van der Waals surface area contributed by atoms with Crippen molar-refractivity contribution in [3.05, 3.63) is 101 Å². The topological polar surface area (TPSA) is 69.0 Å². The van der Waals surface area contributed by atoms with E-state index in [1.54, 1.807) is 25.1 Å². The van der Waals surface area contributed by atoms with Crippen molar-refractivity contribution in [2.75, 3.05) is 0 Å². The van der Waals surface area contributed by atoms with Crippen molar-refractivity contribution in [1.29, 1.82) is 0 Å². The number of carbonyl (C=O) groups excluding carboxylic acids is 1. The molecule has 6 nitrogen and oxygen atoms in total. The summed E-state index contributed by atoms with van der Waals surface area (Å²) in [6.07, 6.45) is -1.70. The molecule has 1 amide bonds. The molecule has 0 aliphatic rings. The van der Waals surface area contributed by atoms with E-state index in [4.69, 9.17) is 4.74 Å². The third-order valence-electron chi connectivity index (χ3n) is 4.97. The molecule has 2 aromatic carbocycles. The maximum atomic E-state index is 13.4. The molecule has 0 aliphatic heterocycles.